The molecule has 0 heterocycles. The van der Waals surface area contributed by atoms with Crippen molar-refractivity contribution in [2.45, 2.75) is 38.5 Å². The molecule has 5 heteroatoms. The van der Waals surface area contributed by atoms with Crippen LogP contribution in [0.1, 0.15) is 38.5 Å². The molecule has 4 N–H and O–H groups in total. The van der Waals surface area contributed by atoms with Gasteiger partial charge in [-0.1, -0.05) is 25.7 Å². The number of nitrogens with two attached hydrogens (primary N) is 2. The van der Waals surface area contributed by atoms with Crippen LogP contribution >= 0.6 is 35.5 Å². The molecule has 0 unspecified atom stereocenters. The zero-order valence-electron chi connectivity index (χ0n) is 8.07. The quantitative estimate of drug-likeness (QED) is 0.267. The van der Waals surface area contributed by atoms with Gasteiger partial charge in [0.1, 0.15) is 0 Å². The van der Waals surface area contributed by atoms with Crippen molar-refractivity contribution in [3.8, 4) is 0 Å². The normalized spacial score (nSPS) is 9.23. The van der Waals surface area contributed by atoms with Gasteiger partial charge in [0.25, 0.3) is 0 Å². The molecule has 0 rings (SSSR count). The third-order valence-corrected chi connectivity index (χ3v) is 1.66. The fourth-order valence-corrected chi connectivity index (χ4v) is 0.996. The Morgan fingerprint density at radius 3 is 1.15 bits per heavy atom. The number of hydrogen-bond acceptors (Lipinski definition) is 2. The van der Waals surface area contributed by atoms with Gasteiger partial charge < -0.3 is 11.5 Å². The Labute approximate surface area is 112 Å². The minimum absolute atomic E-state index is 0.0233. The van der Waals surface area contributed by atoms with Crippen molar-refractivity contribution in [1.29, 1.82) is 0 Å². The van der Waals surface area contributed by atoms with E-state index in [1.807, 2.05) is 0 Å². The molecule has 0 aromatic heterocycles. The summed E-state index contributed by atoms with van der Waals surface area (Å²) in [5.41, 5.74) is 10.7. The van der Waals surface area contributed by atoms with E-state index in [0.29, 0.717) is 0 Å². The van der Waals surface area contributed by atoms with Crippen LogP contribution in [0.15, 0.2) is 0 Å². The molecule has 80 valence electrons. The van der Waals surface area contributed by atoms with Crippen LogP contribution in [0.25, 0.3) is 0 Å². The van der Waals surface area contributed by atoms with Crippen molar-refractivity contribution < 1.29 is 0 Å². The van der Waals surface area contributed by atoms with Gasteiger partial charge >= 0.3 is 51.2 Å². The van der Waals surface area contributed by atoms with Crippen LogP contribution in [0.2, 0.25) is 0 Å². The molecule has 0 spiro atoms. The van der Waals surface area contributed by atoms with Gasteiger partial charge in [0.05, 0.1) is 0 Å². The van der Waals surface area contributed by atoms with Crippen molar-refractivity contribution in [2.24, 2.45) is 11.5 Å². The fraction of sp³-hybridized carbons (Fsp3) is 1.00. The third kappa shape index (κ3) is 25.0. The number of hydrogen-bond donors (Lipinski definition) is 2. The molecule has 0 saturated heterocycles. The number of halogens is 2. The zero-order valence-corrected chi connectivity index (χ0v) is 16.3. The maximum absolute atomic E-state index is 5.35. The molecule has 0 bridgehead atoms. The van der Waals surface area contributed by atoms with Crippen LogP contribution in [0.3, 0.4) is 0 Å². The van der Waals surface area contributed by atoms with Gasteiger partial charge in [0.15, 0.2) is 0 Å². The summed E-state index contributed by atoms with van der Waals surface area (Å²) in [6, 6.07) is 0. The predicted octanol–water partition coefficient (Wildman–Crippen LogP) is 2.64. The minimum atomic E-state index is 0.0233. The maximum atomic E-state index is 5.35. The SMILES string of the molecule is NCCCCCCCCN.[I][Pb][I]. The Morgan fingerprint density at radius 1 is 0.692 bits per heavy atom. The van der Waals surface area contributed by atoms with Gasteiger partial charge in [-0.25, -0.2) is 0 Å². The average Bonchev–Trinajstić information content (AvgIpc) is 2.13. The summed E-state index contributed by atoms with van der Waals surface area (Å²) in [5.74, 6) is 0. The average molecular weight is 605 g/mol. The Balaban J connectivity index is 0. The van der Waals surface area contributed by atoms with Crippen molar-refractivity contribution in [3.05, 3.63) is 0 Å². The third-order valence-electron chi connectivity index (χ3n) is 1.66. The van der Waals surface area contributed by atoms with Crippen LogP contribution < -0.4 is 11.5 Å². The topological polar surface area (TPSA) is 52.0 Å². The van der Waals surface area contributed by atoms with Gasteiger partial charge in [-0.2, -0.15) is 0 Å². The molecular weight excluding hydrogens is 585 g/mol. The van der Waals surface area contributed by atoms with E-state index in [9.17, 15) is 0 Å². The van der Waals surface area contributed by atoms with Crippen LogP contribution in [0.4, 0.5) is 0 Å². The first-order valence-electron chi connectivity index (χ1n) is 4.69. The Hall–Kier alpha value is 2.30. The van der Waals surface area contributed by atoms with E-state index in [0.717, 1.165) is 13.1 Å². The summed E-state index contributed by atoms with van der Waals surface area (Å²) in [5, 5.41) is 0. The van der Waals surface area contributed by atoms with Crippen LogP contribution in [-0.4, -0.2) is 28.7 Å². The van der Waals surface area contributed by atoms with E-state index in [-0.39, 0.29) is 15.6 Å². The molecule has 0 aliphatic heterocycles. The molecule has 0 aliphatic carbocycles. The van der Waals surface area contributed by atoms with E-state index in [2.05, 4.69) is 35.5 Å². The zero-order chi connectivity index (χ0) is 10.4. The van der Waals surface area contributed by atoms with Crippen molar-refractivity contribution in [3.63, 3.8) is 0 Å². The molecule has 0 aliphatic rings. The Morgan fingerprint density at radius 2 is 0.923 bits per heavy atom. The summed E-state index contributed by atoms with van der Waals surface area (Å²) in [6.45, 7) is 1.69. The molecule has 2 nitrogen and oxygen atoms in total. The van der Waals surface area contributed by atoms with Crippen LogP contribution in [-0.2, 0) is 0 Å². The second kappa shape index (κ2) is 19.8. The summed E-state index contributed by atoms with van der Waals surface area (Å²) >= 11 is 4.96. The molecule has 0 aromatic carbocycles. The molecule has 13 heavy (non-hydrogen) atoms. The second-order valence-electron chi connectivity index (χ2n) is 2.77. The van der Waals surface area contributed by atoms with Crippen molar-refractivity contribution >= 4 is 51.2 Å². The molecule has 2 radical (unpaired) electrons. The van der Waals surface area contributed by atoms with Gasteiger partial charge in [0.2, 0.25) is 0 Å². The molecular formula is C8H20I2N2Pb. The molecule has 0 fully saturated rings. The van der Waals surface area contributed by atoms with Gasteiger partial charge in [-0.05, 0) is 25.9 Å². The molecule has 0 saturated carbocycles. The summed E-state index contributed by atoms with van der Waals surface area (Å²) < 4.78 is 0. The van der Waals surface area contributed by atoms with E-state index < -0.39 is 0 Å². The second-order valence-corrected chi connectivity index (χ2v) is 30.9. The van der Waals surface area contributed by atoms with E-state index >= 15 is 0 Å². The van der Waals surface area contributed by atoms with Crippen molar-refractivity contribution in [1.82, 2.24) is 0 Å². The van der Waals surface area contributed by atoms with Crippen LogP contribution in [0, 0.1) is 0 Å². The summed E-state index contributed by atoms with van der Waals surface area (Å²) in [4.78, 5) is 0. The molecule has 0 aromatic rings. The van der Waals surface area contributed by atoms with E-state index in [1.165, 1.54) is 38.5 Å². The molecule has 0 atom stereocenters. The Bertz CT molecular complexity index is 69.2. The monoisotopic (exact) mass is 606 g/mol. The standard InChI is InChI=1S/C8H20N2.2HI.Pb/c9-7-5-3-1-2-4-6-8-10;;;/h1-10H2;2*1H;/q;;;+2/p-2. The number of rotatable bonds is 7. The summed E-state index contributed by atoms with van der Waals surface area (Å²) in [6.07, 6.45) is 7.61. The predicted molar refractivity (Wildman–Crippen MR) is 79.6 cm³/mol. The molecule has 0 amide bonds. The van der Waals surface area contributed by atoms with E-state index in [4.69, 9.17) is 11.5 Å². The van der Waals surface area contributed by atoms with E-state index in [1.54, 1.807) is 0 Å². The Kier molecular flexibility index (Phi) is 27.0. The first-order chi connectivity index (χ1) is 6.33. The first-order valence-corrected chi connectivity index (χ1v) is 26.6. The van der Waals surface area contributed by atoms with Gasteiger partial charge in [-0.3, -0.25) is 0 Å². The first kappa shape index (κ1) is 17.7. The summed E-state index contributed by atoms with van der Waals surface area (Å²) in [7, 11) is 0. The van der Waals surface area contributed by atoms with Gasteiger partial charge in [0, 0.05) is 0 Å². The number of unbranched alkanes of at least 4 members (excludes halogenated alkanes) is 5. The fourth-order valence-electron chi connectivity index (χ4n) is 0.996. The van der Waals surface area contributed by atoms with Crippen molar-refractivity contribution in [2.75, 3.05) is 13.1 Å². The van der Waals surface area contributed by atoms with Gasteiger partial charge in [-0.15, -0.1) is 0 Å². The van der Waals surface area contributed by atoms with Crippen LogP contribution in [0.5, 0.6) is 0 Å².